The van der Waals surface area contributed by atoms with E-state index in [1.807, 2.05) is 0 Å². The molecule has 7 nitrogen and oxygen atoms in total. The Morgan fingerprint density at radius 1 is 0.933 bits per heavy atom. The van der Waals surface area contributed by atoms with Crippen molar-refractivity contribution >= 4 is 33.3 Å². The van der Waals surface area contributed by atoms with Crippen LogP contribution in [0.1, 0.15) is 27.6 Å². The molecule has 0 fully saturated rings. The van der Waals surface area contributed by atoms with Gasteiger partial charge in [0.25, 0.3) is 0 Å². The van der Waals surface area contributed by atoms with Gasteiger partial charge in [0.05, 0.1) is 17.4 Å². The Balaban J connectivity index is 1.71. The first kappa shape index (κ1) is 19.8. The fraction of sp³-hybridized carbons (Fsp3) is 0.136. The first-order valence-corrected chi connectivity index (χ1v) is 10.6. The Morgan fingerprint density at radius 3 is 2.20 bits per heavy atom. The van der Waals surface area contributed by atoms with Gasteiger partial charge in [-0.15, -0.1) is 0 Å². The lowest BCUT2D eigenvalue weighted by molar-refractivity contribution is -0.114. The second-order valence-corrected chi connectivity index (χ2v) is 8.49. The summed E-state index contributed by atoms with van der Waals surface area (Å²) in [6.07, 6.45) is 6.63. The van der Waals surface area contributed by atoms with Gasteiger partial charge in [-0.05, 0) is 30.3 Å². The van der Waals surface area contributed by atoms with Crippen molar-refractivity contribution in [3.05, 3.63) is 77.9 Å². The van der Waals surface area contributed by atoms with E-state index in [4.69, 9.17) is 4.18 Å². The van der Waals surface area contributed by atoms with Crippen LogP contribution in [0.15, 0.2) is 71.7 Å². The van der Waals surface area contributed by atoms with Gasteiger partial charge in [-0.1, -0.05) is 36.4 Å². The molecule has 0 bridgehead atoms. The molecule has 0 aromatic heterocycles. The first-order chi connectivity index (χ1) is 14.3. The maximum Gasteiger partial charge on any atom is 0.339 e. The Labute approximate surface area is 173 Å². The van der Waals surface area contributed by atoms with E-state index >= 15 is 0 Å². The molecule has 2 atom stereocenters. The first-order valence-electron chi connectivity index (χ1n) is 9.16. The van der Waals surface area contributed by atoms with E-state index in [2.05, 4.69) is 5.32 Å². The zero-order valence-electron chi connectivity index (χ0n) is 15.9. The van der Waals surface area contributed by atoms with Crippen molar-refractivity contribution in [1.29, 1.82) is 0 Å². The highest BCUT2D eigenvalue weighted by atomic mass is 32.2. The van der Waals surface area contributed by atoms with E-state index in [-0.39, 0.29) is 33.5 Å². The molecule has 1 N–H and O–H groups in total. The van der Waals surface area contributed by atoms with Crippen LogP contribution in [0.3, 0.4) is 0 Å². The van der Waals surface area contributed by atoms with Gasteiger partial charge in [-0.25, -0.2) is 0 Å². The van der Waals surface area contributed by atoms with Gasteiger partial charge in [0, 0.05) is 18.2 Å². The van der Waals surface area contributed by atoms with Crippen molar-refractivity contribution < 1.29 is 27.0 Å². The van der Waals surface area contributed by atoms with E-state index in [9.17, 15) is 22.8 Å². The van der Waals surface area contributed by atoms with Crippen molar-refractivity contribution in [3.63, 3.8) is 0 Å². The topological polar surface area (TPSA) is 107 Å². The number of nitrogens with one attached hydrogen (secondary N) is 1. The van der Waals surface area contributed by atoms with Crippen LogP contribution in [0.5, 0.6) is 5.75 Å². The molecule has 1 amide bonds. The normalized spacial score (nSPS) is 19.8. The lowest BCUT2D eigenvalue weighted by Gasteiger charge is -2.29. The van der Waals surface area contributed by atoms with Crippen molar-refractivity contribution in [3.8, 4) is 5.75 Å². The molecular formula is C22H17NO6S. The van der Waals surface area contributed by atoms with Gasteiger partial charge >= 0.3 is 10.1 Å². The van der Waals surface area contributed by atoms with Crippen LogP contribution in [0.2, 0.25) is 0 Å². The summed E-state index contributed by atoms with van der Waals surface area (Å²) in [7, 11) is -4.39. The summed E-state index contributed by atoms with van der Waals surface area (Å²) < 4.78 is 31.1. The van der Waals surface area contributed by atoms with Crippen LogP contribution in [0, 0.1) is 11.8 Å². The maximum absolute atomic E-state index is 13.1. The summed E-state index contributed by atoms with van der Waals surface area (Å²) in [6.45, 7) is 1.35. The Bertz CT molecular complexity index is 1220. The fourth-order valence-corrected chi connectivity index (χ4v) is 4.78. The third kappa shape index (κ3) is 3.46. The monoisotopic (exact) mass is 423 g/mol. The lowest BCUT2D eigenvalue weighted by Crippen LogP contribution is -2.36. The SMILES string of the molecule is CC(=O)Nc1ccc(OS(=O)(=O)c2cccc3c2C(=O)[C@@H]2C=CC=C[C@H]2C3=O)cc1. The largest absolute Gasteiger partial charge is 0.379 e. The molecule has 2 aromatic carbocycles. The average molecular weight is 423 g/mol. The van der Waals surface area contributed by atoms with Gasteiger partial charge in [0.2, 0.25) is 5.91 Å². The number of carbonyl (C=O) groups is 3. The third-order valence-corrected chi connectivity index (χ3v) is 6.22. The smallest absolute Gasteiger partial charge is 0.339 e. The summed E-state index contributed by atoms with van der Waals surface area (Å²) in [4.78, 5) is 36.7. The van der Waals surface area contributed by atoms with Crippen molar-refractivity contribution in [2.75, 3.05) is 5.32 Å². The number of allylic oxidation sites excluding steroid dienone is 4. The number of hydrogen-bond acceptors (Lipinski definition) is 6. The zero-order chi connectivity index (χ0) is 21.5. The minimum absolute atomic E-state index is 0.00895. The maximum atomic E-state index is 13.1. The summed E-state index contributed by atoms with van der Waals surface area (Å²) in [5.74, 6) is -2.35. The summed E-state index contributed by atoms with van der Waals surface area (Å²) >= 11 is 0. The Morgan fingerprint density at radius 2 is 1.57 bits per heavy atom. The minimum Gasteiger partial charge on any atom is -0.379 e. The van der Waals surface area contributed by atoms with E-state index in [1.54, 1.807) is 24.3 Å². The van der Waals surface area contributed by atoms with Crippen molar-refractivity contribution in [2.24, 2.45) is 11.8 Å². The molecule has 2 aliphatic rings. The predicted octanol–water partition coefficient (Wildman–Crippen LogP) is 3.15. The summed E-state index contributed by atoms with van der Waals surface area (Å²) in [6, 6.07) is 9.89. The molecule has 0 aliphatic heterocycles. The highest BCUT2D eigenvalue weighted by Crippen LogP contribution is 2.37. The number of anilines is 1. The molecule has 0 unspecified atom stereocenters. The third-order valence-electron chi connectivity index (χ3n) is 4.93. The highest BCUT2D eigenvalue weighted by Gasteiger charge is 2.42. The molecule has 0 radical (unpaired) electrons. The lowest BCUT2D eigenvalue weighted by atomic mass is 9.72. The van der Waals surface area contributed by atoms with E-state index < -0.39 is 27.7 Å². The number of carbonyl (C=O) groups excluding carboxylic acids is 3. The van der Waals surface area contributed by atoms with Crippen molar-refractivity contribution in [1.82, 2.24) is 0 Å². The van der Waals surface area contributed by atoms with Gasteiger partial charge < -0.3 is 9.50 Å². The fourth-order valence-electron chi connectivity index (χ4n) is 3.62. The summed E-state index contributed by atoms with van der Waals surface area (Å²) in [5.41, 5.74) is 0.416. The Kier molecular flexibility index (Phi) is 4.87. The molecule has 152 valence electrons. The average Bonchev–Trinajstić information content (AvgIpc) is 2.72. The molecular weight excluding hydrogens is 406 g/mol. The number of rotatable bonds is 4. The van der Waals surface area contributed by atoms with E-state index in [0.29, 0.717) is 5.69 Å². The molecule has 30 heavy (non-hydrogen) atoms. The van der Waals surface area contributed by atoms with Crippen LogP contribution in [0.25, 0.3) is 0 Å². The van der Waals surface area contributed by atoms with E-state index in [1.165, 1.54) is 49.4 Å². The number of hydrogen-bond donors (Lipinski definition) is 1. The van der Waals surface area contributed by atoms with Gasteiger partial charge in [0.1, 0.15) is 10.6 Å². The highest BCUT2D eigenvalue weighted by molar-refractivity contribution is 7.87. The minimum atomic E-state index is -4.39. The summed E-state index contributed by atoms with van der Waals surface area (Å²) in [5, 5.41) is 2.57. The molecule has 0 spiro atoms. The number of Topliss-reactive ketones (excluding diaryl/α,β-unsaturated/α-hetero) is 2. The van der Waals surface area contributed by atoms with Crippen LogP contribution in [-0.2, 0) is 14.9 Å². The van der Waals surface area contributed by atoms with Crippen LogP contribution in [0.4, 0.5) is 5.69 Å². The standard InChI is InChI=1S/C22H17NO6S/c1-13(24)23-14-9-11-15(12-10-14)29-30(27,28)19-8-4-7-18-20(19)22(26)17-6-3-2-5-16(17)21(18)25/h2-12,16-17H,1H3,(H,23,24)/t16-,17-/m1/s1. The molecule has 4 rings (SSSR count). The Hall–Kier alpha value is -3.52. The number of amides is 1. The number of fused-ring (bicyclic) bond motifs is 2. The molecule has 8 heteroatoms. The second-order valence-electron chi connectivity index (χ2n) is 6.97. The molecule has 0 heterocycles. The second kappa shape index (κ2) is 7.38. The van der Waals surface area contributed by atoms with Gasteiger partial charge in [-0.3, -0.25) is 14.4 Å². The molecule has 2 aliphatic carbocycles. The molecule has 0 saturated heterocycles. The van der Waals surface area contributed by atoms with Crippen LogP contribution >= 0.6 is 0 Å². The van der Waals surface area contributed by atoms with Gasteiger partial charge in [0.15, 0.2) is 11.6 Å². The van der Waals surface area contributed by atoms with E-state index in [0.717, 1.165) is 0 Å². The molecule has 0 saturated carbocycles. The van der Waals surface area contributed by atoms with Gasteiger partial charge in [-0.2, -0.15) is 8.42 Å². The number of benzene rings is 2. The number of ketones is 2. The van der Waals surface area contributed by atoms with Crippen molar-refractivity contribution in [2.45, 2.75) is 11.8 Å². The quantitative estimate of drug-likeness (QED) is 0.757. The predicted molar refractivity (Wildman–Crippen MR) is 109 cm³/mol. The zero-order valence-corrected chi connectivity index (χ0v) is 16.7. The van der Waals surface area contributed by atoms with Crippen LogP contribution < -0.4 is 9.50 Å². The van der Waals surface area contributed by atoms with Crippen LogP contribution in [-0.4, -0.2) is 25.9 Å². The molecule has 2 aromatic rings.